The summed E-state index contributed by atoms with van der Waals surface area (Å²) in [4.78, 5) is 11.3. The van der Waals surface area contributed by atoms with Crippen LogP contribution in [-0.2, 0) is 18.0 Å². The lowest BCUT2D eigenvalue weighted by Crippen LogP contribution is -2.60. The smallest absolute Gasteiger partial charge is 0.409 e. The first-order valence-corrected chi connectivity index (χ1v) is 18.4. The molecule has 24 heavy (non-hydrogen) atoms. The Morgan fingerprint density at radius 1 is 0.917 bits per heavy atom. The molecule has 0 aliphatic carbocycles. The summed E-state index contributed by atoms with van der Waals surface area (Å²) < 4.78 is 24.1. The maximum Gasteiger partial charge on any atom is 0.409 e. The Labute approximate surface area is 150 Å². The van der Waals surface area contributed by atoms with Gasteiger partial charge in [-0.25, -0.2) is 4.79 Å². The van der Waals surface area contributed by atoms with Gasteiger partial charge in [0.15, 0.2) is 30.7 Å². The fraction of sp³-hybridized carbons (Fsp3) is 0.800. The molecule has 6 nitrogen and oxygen atoms in total. The number of rotatable bonds is 9. The highest BCUT2D eigenvalue weighted by Crippen LogP contribution is 2.36. The average molecular weight is 394 g/mol. The number of primary amides is 1. The third kappa shape index (κ3) is 8.58. The highest BCUT2D eigenvalue weighted by atomic mass is 28.4. The second-order valence-electron chi connectivity index (χ2n) is 8.81. The van der Waals surface area contributed by atoms with Crippen LogP contribution in [0.4, 0.5) is 4.79 Å². The molecule has 0 aromatic carbocycles. The average Bonchev–Trinajstić information content (AvgIpc) is 2.19. The molecule has 1 unspecified atom stereocenters. The van der Waals surface area contributed by atoms with Crippen LogP contribution in [0, 0.1) is 0 Å². The molecule has 0 saturated heterocycles. The van der Waals surface area contributed by atoms with E-state index in [0.717, 1.165) is 0 Å². The van der Waals surface area contributed by atoms with Gasteiger partial charge in [-0.05, 0) is 65.8 Å². The van der Waals surface area contributed by atoms with Gasteiger partial charge in [-0.1, -0.05) is 6.58 Å². The van der Waals surface area contributed by atoms with Gasteiger partial charge in [0.1, 0.15) is 6.10 Å². The summed E-state index contributed by atoms with van der Waals surface area (Å²) in [6.07, 6.45) is -1.43. The van der Waals surface area contributed by atoms with E-state index in [-0.39, 0.29) is 5.76 Å². The van der Waals surface area contributed by atoms with Gasteiger partial charge in [0.25, 0.3) is 0 Å². The van der Waals surface area contributed by atoms with Crippen LogP contribution in [0.3, 0.4) is 0 Å². The normalized spacial score (nSPS) is 15.1. The molecular formula is C15H35NO5Si3. The molecule has 0 bridgehead atoms. The summed E-state index contributed by atoms with van der Waals surface area (Å²) in [6, 6.07) is 0. The van der Waals surface area contributed by atoms with Crippen molar-refractivity contribution in [3.8, 4) is 0 Å². The van der Waals surface area contributed by atoms with Gasteiger partial charge in [0, 0.05) is 0 Å². The number of carbonyl (C=O) groups excluding carboxylic acids is 1. The fourth-order valence-electron chi connectivity index (χ4n) is 2.24. The van der Waals surface area contributed by atoms with E-state index < -0.39 is 42.9 Å². The predicted octanol–water partition coefficient (Wildman–Crippen LogP) is 4.23. The highest BCUT2D eigenvalue weighted by Gasteiger charge is 2.51. The molecule has 0 spiro atoms. The Balaban J connectivity index is 6.10. The van der Waals surface area contributed by atoms with Crippen LogP contribution in [0.15, 0.2) is 12.3 Å². The third-order valence-corrected chi connectivity index (χ3v) is 5.49. The van der Waals surface area contributed by atoms with E-state index in [1.807, 2.05) is 46.2 Å². The van der Waals surface area contributed by atoms with Crippen molar-refractivity contribution in [1.82, 2.24) is 0 Å². The SMILES string of the molecule is C=C(OC(N)=O)C(O[Si](C)(C)C)(O[Si](C)(C)C)C(C)O[Si](C)(C)C. The van der Waals surface area contributed by atoms with Crippen molar-refractivity contribution < 1.29 is 22.8 Å². The molecule has 0 heterocycles. The van der Waals surface area contributed by atoms with Gasteiger partial charge in [0.2, 0.25) is 5.79 Å². The number of carbonyl (C=O) groups is 1. The lowest BCUT2D eigenvalue weighted by Gasteiger charge is -2.47. The zero-order valence-electron chi connectivity index (χ0n) is 16.9. The van der Waals surface area contributed by atoms with Crippen molar-refractivity contribution in [2.24, 2.45) is 5.73 Å². The van der Waals surface area contributed by atoms with Crippen LogP contribution in [-0.4, -0.2) is 42.9 Å². The van der Waals surface area contributed by atoms with E-state index >= 15 is 0 Å². The predicted molar refractivity (Wildman–Crippen MR) is 105 cm³/mol. The van der Waals surface area contributed by atoms with Crippen LogP contribution >= 0.6 is 0 Å². The van der Waals surface area contributed by atoms with Crippen molar-refractivity contribution in [1.29, 1.82) is 0 Å². The van der Waals surface area contributed by atoms with Crippen LogP contribution in [0.5, 0.6) is 0 Å². The molecule has 0 radical (unpaired) electrons. The van der Waals surface area contributed by atoms with Crippen LogP contribution < -0.4 is 5.73 Å². The summed E-state index contributed by atoms with van der Waals surface area (Å²) in [7, 11) is -6.12. The van der Waals surface area contributed by atoms with Gasteiger partial charge in [-0.2, -0.15) is 0 Å². The van der Waals surface area contributed by atoms with Crippen LogP contribution in [0.25, 0.3) is 0 Å². The van der Waals surface area contributed by atoms with Gasteiger partial charge in [-0.3, -0.25) is 0 Å². The summed E-state index contributed by atoms with van der Waals surface area (Å²) >= 11 is 0. The summed E-state index contributed by atoms with van der Waals surface area (Å²) in [5, 5.41) is 0. The first kappa shape index (κ1) is 23.5. The second-order valence-corrected chi connectivity index (χ2v) is 22.1. The maximum atomic E-state index is 11.3. The van der Waals surface area contributed by atoms with Crippen LogP contribution in [0.1, 0.15) is 6.92 Å². The summed E-state index contributed by atoms with van der Waals surface area (Å²) in [5.74, 6) is -1.31. The standard InChI is InChI=1S/C15H35NO5Si3/c1-12(18-14(16)17)15(20-23(6,7)8,21-24(9,10)11)13(2)19-22(3,4)5/h13H,1H2,2-11H3,(H2,16,17). The summed E-state index contributed by atoms with van der Waals surface area (Å²) in [6.45, 7) is 24.2. The van der Waals surface area contributed by atoms with Crippen LogP contribution in [0.2, 0.25) is 58.9 Å². The van der Waals surface area contributed by atoms with E-state index in [1.165, 1.54) is 0 Å². The van der Waals surface area contributed by atoms with Crippen molar-refractivity contribution in [2.75, 3.05) is 0 Å². The Kier molecular flexibility index (Phi) is 7.68. The molecule has 0 aliphatic heterocycles. The van der Waals surface area contributed by atoms with Crippen molar-refractivity contribution in [3.63, 3.8) is 0 Å². The Bertz CT molecular complexity index is 447. The minimum absolute atomic E-state index is 0.0469. The lowest BCUT2D eigenvalue weighted by atomic mass is 10.1. The Morgan fingerprint density at radius 3 is 1.54 bits per heavy atom. The van der Waals surface area contributed by atoms with Crippen molar-refractivity contribution in [3.05, 3.63) is 12.3 Å². The van der Waals surface area contributed by atoms with Crippen molar-refractivity contribution in [2.45, 2.75) is 77.7 Å². The van der Waals surface area contributed by atoms with E-state index in [2.05, 4.69) is 26.2 Å². The number of ether oxygens (including phenoxy) is 1. The molecular weight excluding hydrogens is 358 g/mol. The molecule has 1 atom stereocenters. The second kappa shape index (κ2) is 7.83. The number of hydrogen-bond donors (Lipinski definition) is 1. The van der Waals surface area contributed by atoms with Gasteiger partial charge >= 0.3 is 6.09 Å². The number of amides is 1. The molecule has 0 rings (SSSR count). The topological polar surface area (TPSA) is 80.0 Å². The monoisotopic (exact) mass is 393 g/mol. The number of nitrogens with two attached hydrogens (primary N) is 1. The van der Waals surface area contributed by atoms with E-state index in [4.69, 9.17) is 23.7 Å². The van der Waals surface area contributed by atoms with Gasteiger partial charge in [0.05, 0.1) is 0 Å². The minimum atomic E-state index is -2.10. The molecule has 0 aliphatic rings. The van der Waals surface area contributed by atoms with Crippen molar-refractivity contribution >= 4 is 31.0 Å². The quantitative estimate of drug-likeness (QED) is 0.360. The summed E-state index contributed by atoms with van der Waals surface area (Å²) in [5.41, 5.74) is 5.20. The van der Waals surface area contributed by atoms with E-state index in [0.29, 0.717) is 0 Å². The van der Waals surface area contributed by atoms with E-state index in [1.54, 1.807) is 0 Å². The van der Waals surface area contributed by atoms with Gasteiger partial charge < -0.3 is 23.7 Å². The molecule has 0 aromatic rings. The highest BCUT2D eigenvalue weighted by molar-refractivity contribution is 6.71. The Hall–Kier alpha value is -0.459. The molecule has 142 valence electrons. The zero-order valence-corrected chi connectivity index (χ0v) is 19.9. The van der Waals surface area contributed by atoms with Gasteiger partial charge in [-0.15, -0.1) is 0 Å². The third-order valence-electron chi connectivity index (χ3n) is 2.59. The largest absolute Gasteiger partial charge is 0.410 e. The molecule has 9 heteroatoms. The molecule has 0 saturated carbocycles. The molecule has 2 N–H and O–H groups in total. The number of hydrogen-bond acceptors (Lipinski definition) is 5. The lowest BCUT2D eigenvalue weighted by molar-refractivity contribution is -0.177. The molecule has 1 amide bonds. The zero-order chi connectivity index (χ0) is 19.6. The fourth-order valence-corrected chi connectivity index (χ4v) is 6.00. The maximum absolute atomic E-state index is 11.3. The molecule has 0 fully saturated rings. The van der Waals surface area contributed by atoms with E-state index in [9.17, 15) is 4.79 Å². The minimum Gasteiger partial charge on any atom is -0.410 e. The first-order valence-electron chi connectivity index (χ1n) is 8.13. The molecule has 0 aromatic heterocycles. The Morgan fingerprint density at radius 2 is 1.29 bits per heavy atom. The first-order chi connectivity index (χ1) is 10.4.